The summed E-state index contributed by atoms with van der Waals surface area (Å²) in [6, 6.07) is 0.564. The molecule has 1 heteroatoms. The Morgan fingerprint density at radius 2 is 1.79 bits per heavy atom. The molecule has 3 fully saturated rings. The topological polar surface area (TPSA) is 26.0 Å². The monoisotopic (exact) mass is 193 g/mol. The Morgan fingerprint density at radius 1 is 1.07 bits per heavy atom. The van der Waals surface area contributed by atoms with E-state index in [0.717, 1.165) is 17.8 Å². The molecule has 80 valence electrons. The summed E-state index contributed by atoms with van der Waals surface area (Å²) in [5.74, 6) is 2.87. The quantitative estimate of drug-likeness (QED) is 0.629. The van der Waals surface area contributed by atoms with Gasteiger partial charge in [0.2, 0.25) is 0 Å². The van der Waals surface area contributed by atoms with E-state index in [1.54, 1.807) is 0 Å². The highest BCUT2D eigenvalue weighted by atomic mass is 14.8. The molecule has 2 N–H and O–H groups in total. The van der Waals surface area contributed by atoms with E-state index in [0.29, 0.717) is 11.5 Å². The van der Waals surface area contributed by atoms with Gasteiger partial charge in [0.25, 0.3) is 0 Å². The third-order valence-electron chi connectivity index (χ3n) is 5.66. The molecule has 3 atom stereocenters. The summed E-state index contributed by atoms with van der Waals surface area (Å²) in [5, 5.41) is 0. The summed E-state index contributed by atoms with van der Waals surface area (Å²) in [7, 11) is 0. The zero-order valence-corrected chi connectivity index (χ0v) is 9.34. The molecule has 14 heavy (non-hydrogen) atoms. The molecule has 0 aromatic rings. The second-order valence-corrected chi connectivity index (χ2v) is 6.21. The molecule has 2 bridgehead atoms. The molecular weight excluding hydrogens is 170 g/mol. The molecule has 1 nitrogen and oxygen atoms in total. The van der Waals surface area contributed by atoms with Crippen molar-refractivity contribution in [2.45, 2.75) is 57.9 Å². The van der Waals surface area contributed by atoms with E-state index < -0.39 is 0 Å². The molecule has 0 heterocycles. The Hall–Kier alpha value is -0.0400. The van der Waals surface area contributed by atoms with Gasteiger partial charge in [0.15, 0.2) is 0 Å². The van der Waals surface area contributed by atoms with Crippen LogP contribution in [0.1, 0.15) is 51.9 Å². The maximum absolute atomic E-state index is 6.48. The van der Waals surface area contributed by atoms with E-state index in [1.165, 1.54) is 44.9 Å². The van der Waals surface area contributed by atoms with Crippen molar-refractivity contribution in [2.75, 3.05) is 0 Å². The van der Waals surface area contributed by atoms with Crippen molar-refractivity contribution in [3.05, 3.63) is 0 Å². The van der Waals surface area contributed by atoms with Gasteiger partial charge in [0.1, 0.15) is 0 Å². The SMILES string of the molecule is CC1CCC2(CC1)[C@H]1CCC(C1)[C@@H]2N. The van der Waals surface area contributed by atoms with Crippen molar-refractivity contribution < 1.29 is 0 Å². The number of nitrogens with two attached hydrogens (primary N) is 1. The molecule has 0 aliphatic heterocycles. The van der Waals surface area contributed by atoms with Crippen LogP contribution >= 0.6 is 0 Å². The first-order chi connectivity index (χ1) is 6.72. The van der Waals surface area contributed by atoms with Gasteiger partial charge >= 0.3 is 0 Å². The minimum Gasteiger partial charge on any atom is -0.327 e. The fourth-order valence-corrected chi connectivity index (χ4v) is 4.65. The Morgan fingerprint density at radius 3 is 2.36 bits per heavy atom. The molecule has 0 radical (unpaired) electrons. The molecule has 1 unspecified atom stereocenters. The van der Waals surface area contributed by atoms with Crippen molar-refractivity contribution in [1.82, 2.24) is 0 Å². The van der Waals surface area contributed by atoms with Crippen molar-refractivity contribution in [3.63, 3.8) is 0 Å². The molecule has 0 saturated heterocycles. The van der Waals surface area contributed by atoms with Crippen LogP contribution < -0.4 is 5.73 Å². The average molecular weight is 193 g/mol. The van der Waals surface area contributed by atoms with Gasteiger partial charge in [0, 0.05) is 6.04 Å². The fourth-order valence-electron chi connectivity index (χ4n) is 4.65. The highest BCUT2D eigenvalue weighted by Crippen LogP contribution is 2.61. The van der Waals surface area contributed by atoms with Crippen LogP contribution in [-0.4, -0.2) is 6.04 Å². The van der Waals surface area contributed by atoms with Crippen LogP contribution in [-0.2, 0) is 0 Å². The van der Waals surface area contributed by atoms with Gasteiger partial charge in [-0.3, -0.25) is 0 Å². The first kappa shape index (κ1) is 9.21. The Balaban J connectivity index is 1.83. The van der Waals surface area contributed by atoms with E-state index in [9.17, 15) is 0 Å². The van der Waals surface area contributed by atoms with Gasteiger partial charge in [-0.15, -0.1) is 0 Å². The minimum absolute atomic E-state index is 0.564. The van der Waals surface area contributed by atoms with Crippen LogP contribution in [0.2, 0.25) is 0 Å². The third kappa shape index (κ3) is 1.05. The molecule has 3 aliphatic rings. The smallest absolute Gasteiger partial charge is 0.0127 e. The van der Waals surface area contributed by atoms with Crippen LogP contribution in [0, 0.1) is 23.2 Å². The number of rotatable bonds is 0. The summed E-state index contributed by atoms with van der Waals surface area (Å²) in [6.45, 7) is 2.41. The highest BCUT2D eigenvalue weighted by molar-refractivity contribution is 5.09. The van der Waals surface area contributed by atoms with E-state index in [1.807, 2.05) is 0 Å². The van der Waals surface area contributed by atoms with E-state index >= 15 is 0 Å². The standard InChI is InChI=1S/C13H23N/c1-9-4-6-13(7-5-9)11-3-2-10(8-11)12(13)14/h9-12H,2-8,14H2,1H3/t9?,10?,11-,12-,13?/m0/s1. The molecular formula is C13H23N. The Labute approximate surface area is 87.4 Å². The molecule has 0 aromatic carbocycles. The lowest BCUT2D eigenvalue weighted by molar-refractivity contribution is 0.0605. The highest BCUT2D eigenvalue weighted by Gasteiger charge is 2.56. The molecule has 0 amide bonds. The van der Waals surface area contributed by atoms with Gasteiger partial charge in [-0.05, 0) is 55.3 Å². The van der Waals surface area contributed by atoms with Gasteiger partial charge in [-0.2, -0.15) is 0 Å². The molecule has 3 rings (SSSR count). The van der Waals surface area contributed by atoms with Gasteiger partial charge < -0.3 is 5.73 Å². The van der Waals surface area contributed by atoms with Crippen LogP contribution in [0.4, 0.5) is 0 Å². The molecule has 3 aliphatic carbocycles. The molecule has 1 spiro atoms. The Kier molecular flexibility index (Phi) is 1.96. The zero-order valence-electron chi connectivity index (χ0n) is 9.34. The van der Waals surface area contributed by atoms with Gasteiger partial charge in [-0.25, -0.2) is 0 Å². The Bertz CT molecular complexity index is 223. The van der Waals surface area contributed by atoms with Gasteiger partial charge in [-0.1, -0.05) is 19.8 Å². The fraction of sp³-hybridized carbons (Fsp3) is 1.00. The van der Waals surface area contributed by atoms with Crippen LogP contribution in [0.5, 0.6) is 0 Å². The summed E-state index contributed by atoms with van der Waals surface area (Å²) < 4.78 is 0. The first-order valence-corrected chi connectivity index (χ1v) is 6.48. The zero-order chi connectivity index (χ0) is 9.76. The van der Waals surface area contributed by atoms with Crippen molar-refractivity contribution in [2.24, 2.45) is 28.9 Å². The van der Waals surface area contributed by atoms with Crippen LogP contribution in [0.25, 0.3) is 0 Å². The van der Waals surface area contributed by atoms with Crippen molar-refractivity contribution >= 4 is 0 Å². The maximum Gasteiger partial charge on any atom is 0.0127 e. The van der Waals surface area contributed by atoms with Crippen LogP contribution in [0.15, 0.2) is 0 Å². The molecule has 0 aromatic heterocycles. The predicted octanol–water partition coefficient (Wildman–Crippen LogP) is 2.94. The summed E-state index contributed by atoms with van der Waals surface area (Å²) >= 11 is 0. The average Bonchev–Trinajstić information content (AvgIpc) is 2.75. The van der Waals surface area contributed by atoms with Gasteiger partial charge in [0.05, 0.1) is 0 Å². The number of hydrogen-bond donors (Lipinski definition) is 1. The summed E-state index contributed by atoms with van der Waals surface area (Å²) in [5.41, 5.74) is 7.08. The predicted molar refractivity (Wildman–Crippen MR) is 58.9 cm³/mol. The summed E-state index contributed by atoms with van der Waals surface area (Å²) in [6.07, 6.45) is 10.2. The lowest BCUT2D eigenvalue weighted by Gasteiger charge is -2.46. The maximum atomic E-state index is 6.48. The van der Waals surface area contributed by atoms with Crippen molar-refractivity contribution in [3.8, 4) is 0 Å². The number of fused-ring (bicyclic) bond motifs is 3. The largest absolute Gasteiger partial charge is 0.327 e. The van der Waals surface area contributed by atoms with Crippen molar-refractivity contribution in [1.29, 1.82) is 0 Å². The minimum atomic E-state index is 0.564. The summed E-state index contributed by atoms with van der Waals surface area (Å²) in [4.78, 5) is 0. The first-order valence-electron chi connectivity index (χ1n) is 6.48. The number of hydrogen-bond acceptors (Lipinski definition) is 1. The van der Waals surface area contributed by atoms with Crippen LogP contribution in [0.3, 0.4) is 0 Å². The van der Waals surface area contributed by atoms with E-state index in [4.69, 9.17) is 5.73 Å². The lowest BCUT2D eigenvalue weighted by Crippen LogP contribution is -2.48. The second-order valence-electron chi connectivity index (χ2n) is 6.21. The van der Waals surface area contributed by atoms with E-state index in [2.05, 4.69) is 6.92 Å². The second kappa shape index (κ2) is 2.98. The third-order valence-corrected chi connectivity index (χ3v) is 5.66. The normalized spacial score (nSPS) is 57.0. The van der Waals surface area contributed by atoms with E-state index in [-0.39, 0.29) is 0 Å². The lowest BCUT2D eigenvalue weighted by atomic mass is 9.60. The molecule has 3 saturated carbocycles.